The highest BCUT2D eigenvalue weighted by Crippen LogP contribution is 2.30. The number of alkyl halides is 3. The van der Waals surface area contributed by atoms with E-state index >= 15 is 0 Å². The number of allylic oxidation sites excluding steroid dienone is 1. The molecule has 0 aliphatic heterocycles. The van der Waals surface area contributed by atoms with Gasteiger partial charge < -0.3 is 15.7 Å². The van der Waals surface area contributed by atoms with E-state index in [1.54, 1.807) is 6.08 Å². The Labute approximate surface area is 102 Å². The Hall–Kier alpha value is -1.73. The Balaban J connectivity index is 4.48. The van der Waals surface area contributed by atoms with Gasteiger partial charge in [-0.25, -0.2) is 9.59 Å². The summed E-state index contributed by atoms with van der Waals surface area (Å²) in [5.74, 6) is -2.17. The fourth-order valence-corrected chi connectivity index (χ4v) is 0.965. The van der Waals surface area contributed by atoms with Gasteiger partial charge in [-0.15, -0.1) is 6.58 Å². The Morgan fingerprint density at radius 2 is 1.94 bits per heavy atom. The maximum absolute atomic E-state index is 12.5. The number of carboxylic acid groups (broad SMARTS) is 1. The van der Waals surface area contributed by atoms with Crippen molar-refractivity contribution in [2.24, 2.45) is 0 Å². The summed E-state index contributed by atoms with van der Waals surface area (Å²) in [6.07, 6.45) is -2.39. The summed E-state index contributed by atoms with van der Waals surface area (Å²) < 4.78 is 37.6. The second kappa shape index (κ2) is 6.27. The molecule has 104 valence electrons. The number of unbranched alkanes of at least 4 members (excludes halogenated alkanes) is 1. The Morgan fingerprint density at radius 3 is 2.33 bits per heavy atom. The molecule has 5 nitrogen and oxygen atoms in total. The third kappa shape index (κ3) is 4.27. The lowest BCUT2D eigenvalue weighted by molar-refractivity contribution is -0.203. The minimum atomic E-state index is -5.09. The summed E-state index contributed by atoms with van der Waals surface area (Å²) in [5.41, 5.74) is -3.31. The van der Waals surface area contributed by atoms with Gasteiger partial charge in [0.15, 0.2) is 0 Å². The predicted octanol–water partition coefficient (Wildman–Crippen LogP) is 1.66. The molecule has 18 heavy (non-hydrogen) atoms. The Morgan fingerprint density at radius 1 is 1.39 bits per heavy atom. The molecule has 0 aromatic carbocycles. The van der Waals surface area contributed by atoms with E-state index in [0.29, 0.717) is 19.8 Å². The van der Waals surface area contributed by atoms with Crippen molar-refractivity contribution in [2.45, 2.75) is 31.5 Å². The topological polar surface area (TPSA) is 78.4 Å². The van der Waals surface area contributed by atoms with Gasteiger partial charge in [0.1, 0.15) is 0 Å². The summed E-state index contributed by atoms with van der Waals surface area (Å²) in [6, 6.07) is -1.18. The first-order valence-electron chi connectivity index (χ1n) is 5.12. The van der Waals surface area contributed by atoms with Crippen molar-refractivity contribution in [3.63, 3.8) is 0 Å². The van der Waals surface area contributed by atoms with Crippen LogP contribution in [0.25, 0.3) is 0 Å². The van der Waals surface area contributed by atoms with E-state index in [1.807, 2.05) is 0 Å². The number of amides is 2. The normalized spacial score (nSPS) is 14.4. The molecule has 0 aromatic rings. The first kappa shape index (κ1) is 16.3. The van der Waals surface area contributed by atoms with Crippen LogP contribution in [0.3, 0.4) is 0 Å². The summed E-state index contributed by atoms with van der Waals surface area (Å²) in [4.78, 5) is 21.8. The molecule has 0 saturated carbocycles. The maximum atomic E-state index is 12.5. The third-order valence-electron chi connectivity index (χ3n) is 2.23. The number of rotatable bonds is 6. The third-order valence-corrected chi connectivity index (χ3v) is 2.23. The van der Waals surface area contributed by atoms with Crippen molar-refractivity contribution in [3.8, 4) is 0 Å². The van der Waals surface area contributed by atoms with Gasteiger partial charge in [0.2, 0.25) is 5.54 Å². The molecule has 1 atom stereocenters. The highest BCUT2D eigenvalue weighted by atomic mass is 19.4. The van der Waals surface area contributed by atoms with Crippen LogP contribution < -0.4 is 10.6 Å². The zero-order valence-electron chi connectivity index (χ0n) is 9.80. The van der Waals surface area contributed by atoms with E-state index < -0.39 is 23.7 Å². The fraction of sp³-hybridized carbons (Fsp3) is 0.600. The van der Waals surface area contributed by atoms with Crippen molar-refractivity contribution < 1.29 is 27.9 Å². The number of hydrogen-bond donors (Lipinski definition) is 3. The first-order valence-corrected chi connectivity index (χ1v) is 5.12. The van der Waals surface area contributed by atoms with Gasteiger partial charge in [-0.05, 0) is 19.8 Å². The predicted molar refractivity (Wildman–Crippen MR) is 58.1 cm³/mol. The van der Waals surface area contributed by atoms with Crippen LogP contribution in [0.2, 0.25) is 0 Å². The summed E-state index contributed by atoms with van der Waals surface area (Å²) >= 11 is 0. The summed E-state index contributed by atoms with van der Waals surface area (Å²) in [5, 5.41) is 12.1. The molecular weight excluding hydrogens is 253 g/mol. The van der Waals surface area contributed by atoms with Crippen molar-refractivity contribution >= 4 is 12.0 Å². The number of nitrogens with one attached hydrogen (secondary N) is 2. The van der Waals surface area contributed by atoms with E-state index in [-0.39, 0.29) is 6.54 Å². The Kier molecular flexibility index (Phi) is 5.67. The number of urea groups is 1. The van der Waals surface area contributed by atoms with Crippen LogP contribution in [0, 0.1) is 0 Å². The number of halogens is 3. The monoisotopic (exact) mass is 268 g/mol. The van der Waals surface area contributed by atoms with Crippen molar-refractivity contribution in [2.75, 3.05) is 6.54 Å². The molecule has 0 fully saturated rings. The average molecular weight is 268 g/mol. The van der Waals surface area contributed by atoms with E-state index in [2.05, 4.69) is 11.9 Å². The van der Waals surface area contributed by atoms with Gasteiger partial charge in [-0.2, -0.15) is 13.2 Å². The van der Waals surface area contributed by atoms with Crippen LogP contribution in [0.1, 0.15) is 19.8 Å². The largest absolute Gasteiger partial charge is 0.479 e. The average Bonchev–Trinajstić information content (AvgIpc) is 2.22. The zero-order valence-corrected chi connectivity index (χ0v) is 9.80. The first-order chi connectivity index (χ1) is 8.15. The van der Waals surface area contributed by atoms with Gasteiger partial charge in [0, 0.05) is 6.54 Å². The molecule has 0 rings (SSSR count). The zero-order chi connectivity index (χ0) is 14.4. The van der Waals surface area contributed by atoms with Gasteiger partial charge in [-0.3, -0.25) is 0 Å². The second-order valence-corrected chi connectivity index (χ2v) is 3.74. The number of carbonyl (C=O) groups excluding carboxylic acids is 1. The molecule has 0 aliphatic carbocycles. The van der Waals surface area contributed by atoms with Crippen molar-refractivity contribution in [3.05, 3.63) is 12.7 Å². The summed E-state index contributed by atoms with van der Waals surface area (Å²) in [6.45, 7) is 3.96. The van der Waals surface area contributed by atoms with E-state index in [9.17, 15) is 22.8 Å². The number of aliphatic carboxylic acids is 1. The van der Waals surface area contributed by atoms with Crippen LogP contribution in [0.15, 0.2) is 12.7 Å². The molecule has 0 spiro atoms. The smallest absolute Gasteiger partial charge is 0.422 e. The summed E-state index contributed by atoms with van der Waals surface area (Å²) in [7, 11) is 0. The fourth-order valence-electron chi connectivity index (χ4n) is 0.965. The minimum absolute atomic E-state index is 0.130. The second-order valence-electron chi connectivity index (χ2n) is 3.74. The molecule has 0 heterocycles. The quantitative estimate of drug-likeness (QED) is 0.506. The van der Waals surface area contributed by atoms with Crippen molar-refractivity contribution in [1.29, 1.82) is 0 Å². The van der Waals surface area contributed by atoms with Crippen LogP contribution in [-0.4, -0.2) is 35.4 Å². The molecular formula is C10H15F3N2O3. The lowest BCUT2D eigenvalue weighted by Crippen LogP contribution is -2.63. The molecule has 0 aromatic heterocycles. The van der Waals surface area contributed by atoms with Gasteiger partial charge in [0.25, 0.3) is 0 Å². The van der Waals surface area contributed by atoms with E-state index in [0.717, 1.165) is 0 Å². The maximum Gasteiger partial charge on any atom is 0.422 e. The molecule has 0 radical (unpaired) electrons. The lowest BCUT2D eigenvalue weighted by atomic mass is 10.0. The van der Waals surface area contributed by atoms with E-state index in [4.69, 9.17) is 5.11 Å². The lowest BCUT2D eigenvalue weighted by Gasteiger charge is -2.28. The molecule has 8 heteroatoms. The number of carboxylic acids is 1. The molecule has 0 aliphatic rings. The standard InChI is InChI=1S/C10H15F3N2O3/c1-3-4-5-6-14-8(18)15-9(2,7(16)17)10(11,12)13/h3H,1,4-6H2,2H3,(H,16,17)(H2,14,15,18). The SMILES string of the molecule is C=CCCCNC(=O)NC(C)(C(=O)O)C(F)(F)F. The highest BCUT2D eigenvalue weighted by Gasteiger charge is 2.58. The van der Waals surface area contributed by atoms with Gasteiger partial charge in [0.05, 0.1) is 0 Å². The van der Waals surface area contributed by atoms with Crippen LogP contribution in [-0.2, 0) is 4.79 Å². The minimum Gasteiger partial charge on any atom is -0.479 e. The van der Waals surface area contributed by atoms with Gasteiger partial charge in [-0.1, -0.05) is 6.08 Å². The Bertz CT molecular complexity index is 331. The number of carbonyl (C=O) groups is 2. The van der Waals surface area contributed by atoms with Crippen LogP contribution in [0.4, 0.5) is 18.0 Å². The van der Waals surface area contributed by atoms with Crippen molar-refractivity contribution in [1.82, 2.24) is 10.6 Å². The van der Waals surface area contributed by atoms with Gasteiger partial charge >= 0.3 is 18.2 Å². The molecule has 2 amide bonds. The van der Waals surface area contributed by atoms with Crippen LogP contribution in [0.5, 0.6) is 0 Å². The van der Waals surface area contributed by atoms with Crippen LogP contribution >= 0.6 is 0 Å². The molecule has 3 N–H and O–H groups in total. The molecule has 1 unspecified atom stereocenters. The van der Waals surface area contributed by atoms with E-state index in [1.165, 1.54) is 5.32 Å². The highest BCUT2D eigenvalue weighted by molar-refractivity contribution is 5.86. The molecule has 0 bridgehead atoms. The number of hydrogen-bond acceptors (Lipinski definition) is 2. The molecule has 0 saturated heterocycles.